The molecule has 4 aliphatic carbocycles. The van der Waals surface area contributed by atoms with Crippen molar-refractivity contribution in [3.05, 3.63) is 35.5 Å². The number of alkyl halides is 6. The summed E-state index contributed by atoms with van der Waals surface area (Å²) >= 11 is 0. The Hall–Kier alpha value is -2.26. The SMILES string of the molecule is CC(=O)O[C@H]1CCC/C(=C/C=C2\CCC[C@@]3(C)C2CC[C@@H]3C2(C/C=C/C(OC(C)=O)(C(F)(F)F)C(F)(F)F)CC2)C1C. The number of carbonyl (C=O) groups excluding carboxylic acids is 2. The minimum atomic E-state index is -5.85. The second-order valence-corrected chi connectivity index (χ2v) is 13.1. The summed E-state index contributed by atoms with van der Waals surface area (Å²) in [6, 6.07) is 0. The van der Waals surface area contributed by atoms with E-state index < -0.39 is 23.9 Å². The minimum Gasteiger partial charge on any atom is -0.462 e. The van der Waals surface area contributed by atoms with Crippen molar-refractivity contribution in [2.75, 3.05) is 0 Å². The van der Waals surface area contributed by atoms with Crippen LogP contribution in [0.2, 0.25) is 0 Å². The fourth-order valence-corrected chi connectivity index (χ4v) is 8.33. The molecule has 0 aromatic heterocycles. The van der Waals surface area contributed by atoms with Gasteiger partial charge in [-0.15, -0.1) is 0 Å². The number of hydrogen-bond acceptors (Lipinski definition) is 4. The molecular formula is C32H42F6O4. The second kappa shape index (κ2) is 11.7. The lowest BCUT2D eigenvalue weighted by Gasteiger charge is -2.45. The van der Waals surface area contributed by atoms with Gasteiger partial charge in [-0.1, -0.05) is 43.2 Å². The molecule has 4 rings (SSSR count). The first-order chi connectivity index (χ1) is 19.5. The Morgan fingerprint density at radius 3 is 2.07 bits per heavy atom. The number of halogens is 6. The highest BCUT2D eigenvalue weighted by Crippen LogP contribution is 2.70. The van der Waals surface area contributed by atoms with Crippen LogP contribution >= 0.6 is 0 Å². The van der Waals surface area contributed by atoms with E-state index in [-0.39, 0.29) is 47.2 Å². The van der Waals surface area contributed by atoms with Crippen LogP contribution in [0.25, 0.3) is 0 Å². The number of rotatable bonds is 7. The van der Waals surface area contributed by atoms with Crippen molar-refractivity contribution in [1.82, 2.24) is 0 Å². The Balaban J connectivity index is 1.53. The predicted octanol–water partition coefficient (Wildman–Crippen LogP) is 8.96. The van der Waals surface area contributed by atoms with Crippen molar-refractivity contribution in [1.29, 1.82) is 0 Å². The third-order valence-corrected chi connectivity index (χ3v) is 10.5. The molecule has 4 saturated carbocycles. The molecule has 0 spiro atoms. The van der Waals surface area contributed by atoms with Gasteiger partial charge in [0.05, 0.1) is 0 Å². The van der Waals surface area contributed by atoms with Crippen LogP contribution in [0.5, 0.6) is 0 Å². The van der Waals surface area contributed by atoms with E-state index in [9.17, 15) is 35.9 Å². The molecule has 4 aliphatic rings. The molecule has 10 heteroatoms. The third-order valence-electron chi connectivity index (χ3n) is 10.5. The molecule has 0 amide bonds. The molecule has 0 N–H and O–H groups in total. The van der Waals surface area contributed by atoms with Gasteiger partial charge in [0.15, 0.2) is 0 Å². The van der Waals surface area contributed by atoms with E-state index in [1.165, 1.54) is 18.1 Å². The van der Waals surface area contributed by atoms with E-state index >= 15 is 0 Å². The quantitative estimate of drug-likeness (QED) is 0.165. The lowest BCUT2D eigenvalue weighted by atomic mass is 9.59. The summed E-state index contributed by atoms with van der Waals surface area (Å²) < 4.78 is 91.8. The van der Waals surface area contributed by atoms with Crippen LogP contribution in [-0.4, -0.2) is 36.0 Å². The van der Waals surface area contributed by atoms with E-state index in [1.54, 1.807) is 0 Å². The molecule has 5 atom stereocenters. The van der Waals surface area contributed by atoms with Crippen molar-refractivity contribution in [3.63, 3.8) is 0 Å². The fraction of sp³-hybridized carbons (Fsp3) is 0.750. The van der Waals surface area contributed by atoms with Crippen LogP contribution in [0.4, 0.5) is 26.3 Å². The van der Waals surface area contributed by atoms with Gasteiger partial charge in [0.1, 0.15) is 6.10 Å². The van der Waals surface area contributed by atoms with Crippen molar-refractivity contribution >= 4 is 11.9 Å². The second-order valence-electron chi connectivity index (χ2n) is 13.1. The average molecular weight is 605 g/mol. The molecule has 0 saturated heterocycles. The topological polar surface area (TPSA) is 52.6 Å². The van der Waals surface area contributed by atoms with E-state index in [0.29, 0.717) is 12.8 Å². The van der Waals surface area contributed by atoms with Crippen LogP contribution in [0.3, 0.4) is 0 Å². The molecule has 2 unspecified atom stereocenters. The van der Waals surface area contributed by atoms with E-state index in [2.05, 4.69) is 30.7 Å². The zero-order valence-electron chi connectivity index (χ0n) is 24.8. The van der Waals surface area contributed by atoms with Gasteiger partial charge in [-0.05, 0) is 99.4 Å². The summed E-state index contributed by atoms with van der Waals surface area (Å²) in [4.78, 5) is 22.8. The zero-order chi connectivity index (χ0) is 31.1. The molecule has 4 fully saturated rings. The van der Waals surface area contributed by atoms with E-state index in [4.69, 9.17) is 4.74 Å². The van der Waals surface area contributed by atoms with E-state index in [1.807, 2.05) is 0 Å². The Morgan fingerprint density at radius 1 is 0.881 bits per heavy atom. The normalized spacial score (nSPS) is 33.6. The van der Waals surface area contributed by atoms with Crippen LogP contribution in [0.1, 0.15) is 98.3 Å². The minimum absolute atomic E-state index is 0.00997. The van der Waals surface area contributed by atoms with Gasteiger partial charge in [0.25, 0.3) is 0 Å². The maximum absolute atomic E-state index is 13.7. The summed E-state index contributed by atoms with van der Waals surface area (Å²) in [6.45, 7) is 6.30. The Labute approximate surface area is 244 Å². The number of allylic oxidation sites excluding steroid dienone is 4. The van der Waals surface area contributed by atoms with Crippen molar-refractivity contribution in [2.45, 2.75) is 122 Å². The highest BCUT2D eigenvalue weighted by atomic mass is 19.4. The molecule has 0 aromatic rings. The predicted molar refractivity (Wildman–Crippen MR) is 145 cm³/mol. The van der Waals surface area contributed by atoms with Gasteiger partial charge in [-0.3, -0.25) is 9.59 Å². The molecule has 0 aliphatic heterocycles. The number of hydrogen-bond donors (Lipinski definition) is 0. The van der Waals surface area contributed by atoms with Gasteiger partial charge >= 0.3 is 29.9 Å². The Bertz CT molecular complexity index is 1110. The summed E-state index contributed by atoms with van der Waals surface area (Å²) in [5.41, 5.74) is -2.49. The van der Waals surface area contributed by atoms with Crippen LogP contribution in [-0.2, 0) is 19.1 Å². The lowest BCUT2D eigenvalue weighted by Crippen LogP contribution is -2.58. The summed E-state index contributed by atoms with van der Waals surface area (Å²) in [6.07, 6.45) is 2.62. The number of fused-ring (bicyclic) bond motifs is 1. The third kappa shape index (κ3) is 6.19. The van der Waals surface area contributed by atoms with Gasteiger partial charge in [-0.2, -0.15) is 26.3 Å². The molecule has 0 bridgehead atoms. The van der Waals surface area contributed by atoms with Crippen molar-refractivity contribution in [2.24, 2.45) is 28.6 Å². The maximum atomic E-state index is 13.7. The molecule has 0 aromatic carbocycles. The first-order valence-electron chi connectivity index (χ1n) is 15.0. The first-order valence-corrected chi connectivity index (χ1v) is 15.0. The van der Waals surface area contributed by atoms with Crippen molar-refractivity contribution < 1.29 is 45.4 Å². The number of ether oxygens (including phenoxy) is 2. The van der Waals surface area contributed by atoms with Crippen LogP contribution in [0, 0.1) is 28.6 Å². The zero-order valence-corrected chi connectivity index (χ0v) is 24.8. The Kier molecular flexibility index (Phi) is 9.08. The summed E-state index contributed by atoms with van der Waals surface area (Å²) in [5, 5.41) is 0. The van der Waals surface area contributed by atoms with Crippen LogP contribution in [0.15, 0.2) is 35.5 Å². The first kappa shape index (κ1) is 32.6. The molecule has 42 heavy (non-hydrogen) atoms. The highest BCUT2D eigenvalue weighted by Gasteiger charge is 2.73. The van der Waals surface area contributed by atoms with Gasteiger partial charge in [0, 0.05) is 19.8 Å². The lowest BCUT2D eigenvalue weighted by molar-refractivity contribution is -0.350. The number of carbonyl (C=O) groups is 2. The fourth-order valence-electron chi connectivity index (χ4n) is 8.33. The Morgan fingerprint density at radius 2 is 1.50 bits per heavy atom. The van der Waals surface area contributed by atoms with Gasteiger partial charge < -0.3 is 9.47 Å². The molecule has 0 heterocycles. The van der Waals surface area contributed by atoms with Gasteiger partial charge in [0.2, 0.25) is 0 Å². The number of esters is 2. The molecular weight excluding hydrogens is 562 g/mol. The standard InChI is InChI=1S/C32H42F6O4/c1-20-23(8-5-10-26(20)41-21(2)39)11-12-24-9-6-15-28(4)25(24)13-14-27(28)29(18-19-29)16-7-17-30(31(33,34)35,32(36,37)38)42-22(3)40/h7,11-12,17,20,25-27H,5-6,8-10,13-16,18-19H2,1-4H3/b17-7+,23-11-,24-12+/t20?,25?,26-,27-,28-/m0/s1. The maximum Gasteiger partial charge on any atom is 0.441 e. The highest BCUT2D eigenvalue weighted by molar-refractivity contribution is 5.67. The van der Waals surface area contributed by atoms with E-state index in [0.717, 1.165) is 70.3 Å². The molecule has 4 nitrogen and oxygen atoms in total. The van der Waals surface area contributed by atoms with Crippen LogP contribution < -0.4 is 0 Å². The monoisotopic (exact) mass is 604 g/mol. The van der Waals surface area contributed by atoms with Crippen molar-refractivity contribution in [3.8, 4) is 0 Å². The summed E-state index contributed by atoms with van der Waals surface area (Å²) in [5.74, 6) is -1.30. The largest absolute Gasteiger partial charge is 0.462 e. The smallest absolute Gasteiger partial charge is 0.441 e. The molecule has 236 valence electrons. The average Bonchev–Trinajstić information content (AvgIpc) is 3.54. The van der Waals surface area contributed by atoms with Gasteiger partial charge in [-0.25, -0.2) is 0 Å². The summed E-state index contributed by atoms with van der Waals surface area (Å²) in [7, 11) is 0. The molecule has 0 radical (unpaired) electrons.